The maximum atomic E-state index is 11.0. The summed E-state index contributed by atoms with van der Waals surface area (Å²) < 4.78 is 0. The van der Waals surface area contributed by atoms with Gasteiger partial charge in [0.15, 0.2) is 0 Å². The van der Waals surface area contributed by atoms with Gasteiger partial charge in [0.2, 0.25) is 5.91 Å². The van der Waals surface area contributed by atoms with Crippen molar-refractivity contribution in [3.8, 4) is 0 Å². The quantitative estimate of drug-likeness (QED) is 0.570. The zero-order valence-corrected chi connectivity index (χ0v) is 11.6. The molecule has 7 heteroatoms. The van der Waals surface area contributed by atoms with Crippen molar-refractivity contribution in [3.05, 3.63) is 39.4 Å². The zero-order chi connectivity index (χ0) is 15.3. The van der Waals surface area contributed by atoms with Crippen LogP contribution in [-0.2, 0) is 6.54 Å². The Morgan fingerprint density at radius 2 is 2.20 bits per heavy atom. The molecule has 110 valence electrons. The number of aliphatic hydroxyl groups is 1. The van der Waals surface area contributed by atoms with Crippen LogP contribution >= 0.6 is 0 Å². The van der Waals surface area contributed by atoms with Gasteiger partial charge in [-0.25, -0.2) is 0 Å². The molecule has 0 saturated heterocycles. The molecule has 0 radical (unpaired) electrons. The molecule has 7 nitrogen and oxygen atoms in total. The van der Waals surface area contributed by atoms with Crippen LogP contribution in [0, 0.1) is 10.1 Å². The van der Waals surface area contributed by atoms with E-state index >= 15 is 0 Å². The third kappa shape index (κ3) is 4.60. The van der Waals surface area contributed by atoms with Crippen molar-refractivity contribution in [2.24, 2.45) is 5.73 Å². The first-order valence-electron chi connectivity index (χ1n) is 6.25. The maximum absolute atomic E-state index is 11.0. The largest absolute Gasteiger partial charge is 0.393 e. The van der Waals surface area contributed by atoms with E-state index in [0.717, 1.165) is 0 Å². The zero-order valence-electron chi connectivity index (χ0n) is 11.6. The van der Waals surface area contributed by atoms with Gasteiger partial charge in [-0.15, -0.1) is 0 Å². The molecule has 0 aromatic heterocycles. The molecule has 0 saturated carbocycles. The van der Waals surface area contributed by atoms with Crippen molar-refractivity contribution in [1.29, 1.82) is 0 Å². The van der Waals surface area contributed by atoms with Crippen LogP contribution in [0.5, 0.6) is 0 Å². The highest BCUT2D eigenvalue weighted by molar-refractivity contribution is 5.93. The van der Waals surface area contributed by atoms with Crippen molar-refractivity contribution in [2.75, 3.05) is 13.6 Å². The summed E-state index contributed by atoms with van der Waals surface area (Å²) >= 11 is 0. The molecule has 0 heterocycles. The lowest BCUT2D eigenvalue weighted by molar-refractivity contribution is -0.385. The number of primary amides is 1. The standard InChI is InChI=1S/C13H19N3O4/c1-9(17)5-6-15(2)8-11-4-3-10(13(14)18)7-12(11)16(19)20/h3-4,7,9,17H,5-6,8H2,1-2H3,(H2,14,18). The highest BCUT2D eigenvalue weighted by atomic mass is 16.6. The Bertz CT molecular complexity index is 502. The summed E-state index contributed by atoms with van der Waals surface area (Å²) in [7, 11) is 1.81. The van der Waals surface area contributed by atoms with Crippen molar-refractivity contribution in [3.63, 3.8) is 0 Å². The van der Waals surface area contributed by atoms with E-state index in [1.54, 1.807) is 6.92 Å². The first kappa shape index (κ1) is 16.1. The number of amides is 1. The van der Waals surface area contributed by atoms with Gasteiger partial charge in [-0.1, -0.05) is 6.07 Å². The number of hydrogen-bond donors (Lipinski definition) is 2. The SMILES string of the molecule is CC(O)CCN(C)Cc1ccc(C(N)=O)cc1[N+](=O)[O-]. The Morgan fingerprint density at radius 3 is 2.70 bits per heavy atom. The second kappa shape index (κ2) is 6.97. The van der Waals surface area contributed by atoms with Gasteiger partial charge in [-0.2, -0.15) is 0 Å². The van der Waals surface area contributed by atoms with E-state index in [2.05, 4.69) is 0 Å². The molecule has 0 aliphatic carbocycles. The molecule has 1 aromatic carbocycles. The van der Waals surface area contributed by atoms with Crippen LogP contribution in [0.4, 0.5) is 5.69 Å². The lowest BCUT2D eigenvalue weighted by Gasteiger charge is -2.17. The van der Waals surface area contributed by atoms with Crippen molar-refractivity contribution >= 4 is 11.6 Å². The number of carbonyl (C=O) groups is 1. The molecule has 1 rings (SSSR count). The van der Waals surface area contributed by atoms with Crippen molar-refractivity contribution in [2.45, 2.75) is 26.0 Å². The Labute approximate surface area is 117 Å². The third-order valence-corrected chi connectivity index (χ3v) is 2.94. The fourth-order valence-electron chi connectivity index (χ4n) is 1.80. The Hall–Kier alpha value is -1.99. The third-order valence-electron chi connectivity index (χ3n) is 2.94. The summed E-state index contributed by atoms with van der Waals surface area (Å²) in [6, 6.07) is 4.21. The average molecular weight is 281 g/mol. The first-order valence-corrected chi connectivity index (χ1v) is 6.25. The van der Waals surface area contributed by atoms with Gasteiger partial charge in [0.05, 0.1) is 11.0 Å². The predicted octanol–water partition coefficient (Wildman–Crippen LogP) is 0.896. The second-order valence-electron chi connectivity index (χ2n) is 4.84. The summed E-state index contributed by atoms with van der Waals surface area (Å²) in [5, 5.41) is 20.3. The van der Waals surface area contributed by atoms with Gasteiger partial charge in [-0.3, -0.25) is 14.9 Å². The minimum atomic E-state index is -0.692. The van der Waals surface area contributed by atoms with Gasteiger partial charge in [-0.05, 0) is 26.5 Å². The number of hydrogen-bond acceptors (Lipinski definition) is 5. The molecule has 1 amide bonds. The topological polar surface area (TPSA) is 110 Å². The van der Waals surface area contributed by atoms with Gasteiger partial charge < -0.3 is 15.7 Å². The molecule has 0 aliphatic rings. The van der Waals surface area contributed by atoms with E-state index in [4.69, 9.17) is 5.73 Å². The molecule has 1 atom stereocenters. The predicted molar refractivity (Wildman–Crippen MR) is 74.2 cm³/mol. The number of carbonyl (C=O) groups excluding carboxylic acids is 1. The number of nitrogens with two attached hydrogens (primary N) is 1. The van der Waals surface area contributed by atoms with Crippen LogP contribution in [0.1, 0.15) is 29.3 Å². The van der Waals surface area contributed by atoms with E-state index < -0.39 is 16.9 Å². The van der Waals surface area contributed by atoms with Gasteiger partial charge in [0.25, 0.3) is 5.69 Å². The fraction of sp³-hybridized carbons (Fsp3) is 0.462. The van der Waals surface area contributed by atoms with E-state index in [9.17, 15) is 20.0 Å². The molecule has 1 unspecified atom stereocenters. The number of aliphatic hydroxyl groups excluding tert-OH is 1. The highest BCUT2D eigenvalue weighted by Gasteiger charge is 2.17. The lowest BCUT2D eigenvalue weighted by atomic mass is 10.1. The van der Waals surface area contributed by atoms with E-state index in [-0.39, 0.29) is 11.3 Å². The molecule has 20 heavy (non-hydrogen) atoms. The van der Waals surface area contributed by atoms with Gasteiger partial charge in [0, 0.05) is 30.3 Å². The fourth-order valence-corrected chi connectivity index (χ4v) is 1.80. The number of rotatable bonds is 7. The normalized spacial score (nSPS) is 12.4. The maximum Gasteiger partial charge on any atom is 0.274 e. The van der Waals surface area contributed by atoms with Crippen molar-refractivity contribution in [1.82, 2.24) is 4.90 Å². The summed E-state index contributed by atoms with van der Waals surface area (Å²) in [4.78, 5) is 23.4. The minimum absolute atomic E-state index is 0.118. The number of nitro benzene ring substituents is 1. The molecular weight excluding hydrogens is 262 g/mol. The molecule has 0 fully saturated rings. The van der Waals surface area contributed by atoms with Gasteiger partial charge >= 0.3 is 0 Å². The van der Waals surface area contributed by atoms with E-state index in [0.29, 0.717) is 25.1 Å². The van der Waals surface area contributed by atoms with E-state index in [1.807, 2.05) is 11.9 Å². The number of nitro groups is 1. The molecule has 3 N–H and O–H groups in total. The Morgan fingerprint density at radius 1 is 1.55 bits per heavy atom. The average Bonchev–Trinajstić information content (AvgIpc) is 2.36. The summed E-state index contributed by atoms with van der Waals surface area (Å²) in [6.45, 7) is 2.67. The number of nitrogens with zero attached hydrogens (tertiary/aromatic N) is 2. The molecular formula is C13H19N3O4. The summed E-state index contributed by atoms with van der Waals surface area (Å²) in [5.74, 6) is -0.692. The van der Waals surface area contributed by atoms with Crippen molar-refractivity contribution < 1.29 is 14.8 Å². The molecule has 1 aromatic rings. The monoisotopic (exact) mass is 281 g/mol. The summed E-state index contributed by atoms with van der Waals surface area (Å²) in [6.07, 6.45) is 0.175. The van der Waals surface area contributed by atoms with E-state index in [1.165, 1.54) is 18.2 Å². The van der Waals surface area contributed by atoms with Crippen LogP contribution in [0.25, 0.3) is 0 Å². The van der Waals surface area contributed by atoms with Crippen LogP contribution in [0.15, 0.2) is 18.2 Å². The minimum Gasteiger partial charge on any atom is -0.393 e. The molecule has 0 bridgehead atoms. The Balaban J connectivity index is 2.89. The lowest BCUT2D eigenvalue weighted by Crippen LogP contribution is -2.22. The van der Waals surface area contributed by atoms with Crippen LogP contribution in [0.2, 0.25) is 0 Å². The molecule has 0 aliphatic heterocycles. The van der Waals surface area contributed by atoms with Crippen LogP contribution < -0.4 is 5.73 Å². The Kier molecular flexibility index (Phi) is 5.60. The highest BCUT2D eigenvalue weighted by Crippen LogP contribution is 2.21. The first-order chi connectivity index (χ1) is 9.31. The van der Waals surface area contributed by atoms with Crippen LogP contribution in [0.3, 0.4) is 0 Å². The number of benzene rings is 1. The smallest absolute Gasteiger partial charge is 0.274 e. The van der Waals surface area contributed by atoms with Gasteiger partial charge in [0.1, 0.15) is 0 Å². The summed E-state index contributed by atoms with van der Waals surface area (Å²) in [5.41, 5.74) is 5.62. The second-order valence-corrected chi connectivity index (χ2v) is 4.84. The molecule has 0 spiro atoms. The van der Waals surface area contributed by atoms with Crippen LogP contribution in [-0.4, -0.2) is 40.5 Å².